The van der Waals surface area contributed by atoms with Crippen molar-refractivity contribution in [2.24, 2.45) is 0 Å². The molecular weight excluding hydrogens is 330 g/mol. The molecule has 1 N–H and O–H groups in total. The van der Waals surface area contributed by atoms with E-state index in [2.05, 4.69) is 27.3 Å². The summed E-state index contributed by atoms with van der Waals surface area (Å²) in [5.41, 5.74) is 3.10. The fraction of sp³-hybridized carbons (Fsp3) is 0.300. The summed E-state index contributed by atoms with van der Waals surface area (Å²) in [6.45, 7) is 0.862. The molecule has 0 aliphatic rings. The molecule has 25 heavy (non-hydrogen) atoms. The van der Waals surface area contributed by atoms with Gasteiger partial charge in [0.2, 0.25) is 5.91 Å². The predicted molar refractivity (Wildman–Crippen MR) is 105 cm³/mol. The van der Waals surface area contributed by atoms with Gasteiger partial charge in [-0.1, -0.05) is 24.3 Å². The summed E-state index contributed by atoms with van der Waals surface area (Å²) in [6.07, 6.45) is 2.16. The van der Waals surface area contributed by atoms with Crippen LogP contribution in [0.3, 0.4) is 0 Å². The minimum Gasteiger partial charge on any atom is -0.326 e. The van der Waals surface area contributed by atoms with E-state index in [9.17, 15) is 4.79 Å². The van der Waals surface area contributed by atoms with Crippen LogP contribution in [0.25, 0.3) is 10.2 Å². The largest absolute Gasteiger partial charge is 0.326 e. The molecule has 1 amide bonds. The highest BCUT2D eigenvalue weighted by molar-refractivity contribution is 7.18. The molecule has 2 aromatic carbocycles. The number of aryl methyl sites for hydroxylation is 1. The van der Waals surface area contributed by atoms with Gasteiger partial charge in [-0.3, -0.25) is 4.79 Å². The van der Waals surface area contributed by atoms with E-state index in [-0.39, 0.29) is 5.91 Å². The minimum absolute atomic E-state index is 0.0584. The Morgan fingerprint density at radius 1 is 1.16 bits per heavy atom. The van der Waals surface area contributed by atoms with Gasteiger partial charge in [-0.25, -0.2) is 4.98 Å². The van der Waals surface area contributed by atoms with E-state index < -0.39 is 0 Å². The summed E-state index contributed by atoms with van der Waals surface area (Å²) < 4.78 is 1.21. The summed E-state index contributed by atoms with van der Waals surface area (Å²) in [6, 6.07) is 16.2. The maximum Gasteiger partial charge on any atom is 0.224 e. The Morgan fingerprint density at radius 2 is 2.00 bits per heavy atom. The first-order chi connectivity index (χ1) is 12.1. The lowest BCUT2D eigenvalue weighted by Crippen LogP contribution is -2.13. The Morgan fingerprint density at radius 3 is 2.80 bits per heavy atom. The van der Waals surface area contributed by atoms with Crippen LogP contribution in [0.1, 0.15) is 23.4 Å². The lowest BCUT2D eigenvalue weighted by atomic mass is 10.2. The average Bonchev–Trinajstić information content (AvgIpc) is 2.97. The van der Waals surface area contributed by atoms with Crippen molar-refractivity contribution in [1.29, 1.82) is 0 Å². The molecule has 0 saturated heterocycles. The fourth-order valence-electron chi connectivity index (χ4n) is 2.76. The quantitative estimate of drug-likeness (QED) is 0.688. The average molecular weight is 353 g/mol. The first kappa shape index (κ1) is 17.6. The SMILES string of the molecule is CN(C)Cc1cccc(NC(=O)CCCc2nc3ccccc3s2)c1. The van der Waals surface area contributed by atoms with Crippen molar-refractivity contribution in [3.8, 4) is 0 Å². The van der Waals surface area contributed by atoms with Crippen molar-refractivity contribution in [2.45, 2.75) is 25.8 Å². The fourth-order valence-corrected chi connectivity index (χ4v) is 3.77. The Labute approximate surface area is 152 Å². The van der Waals surface area contributed by atoms with Gasteiger partial charge in [-0.05, 0) is 56.8 Å². The third kappa shape index (κ3) is 5.11. The number of anilines is 1. The van der Waals surface area contributed by atoms with Crippen LogP contribution >= 0.6 is 11.3 Å². The van der Waals surface area contributed by atoms with Gasteiger partial charge in [0, 0.05) is 18.7 Å². The molecule has 1 aromatic heterocycles. The second-order valence-electron chi connectivity index (χ2n) is 6.42. The second kappa shape index (κ2) is 8.23. The summed E-state index contributed by atoms with van der Waals surface area (Å²) in [5, 5.41) is 4.09. The second-order valence-corrected chi connectivity index (χ2v) is 7.53. The van der Waals surface area contributed by atoms with Gasteiger partial charge < -0.3 is 10.2 Å². The van der Waals surface area contributed by atoms with Gasteiger partial charge in [0.15, 0.2) is 0 Å². The number of carbonyl (C=O) groups is 1. The molecule has 0 aliphatic heterocycles. The number of nitrogens with zero attached hydrogens (tertiary/aromatic N) is 2. The molecule has 4 nitrogen and oxygen atoms in total. The third-order valence-corrected chi connectivity index (χ3v) is 4.94. The Bertz CT molecular complexity index is 824. The maximum atomic E-state index is 12.2. The van der Waals surface area contributed by atoms with Crippen molar-refractivity contribution in [3.05, 3.63) is 59.1 Å². The number of hydrogen-bond donors (Lipinski definition) is 1. The number of hydrogen-bond acceptors (Lipinski definition) is 4. The van der Waals surface area contributed by atoms with Gasteiger partial charge >= 0.3 is 0 Å². The molecule has 1 heterocycles. The van der Waals surface area contributed by atoms with E-state index in [1.165, 1.54) is 10.3 Å². The summed E-state index contributed by atoms with van der Waals surface area (Å²) in [7, 11) is 4.07. The molecule has 0 atom stereocenters. The Hall–Kier alpha value is -2.24. The molecule has 0 spiro atoms. The van der Waals surface area contributed by atoms with E-state index in [1.54, 1.807) is 11.3 Å². The summed E-state index contributed by atoms with van der Waals surface area (Å²) in [4.78, 5) is 18.9. The van der Waals surface area contributed by atoms with E-state index in [1.807, 2.05) is 50.5 Å². The third-order valence-electron chi connectivity index (χ3n) is 3.84. The zero-order chi connectivity index (χ0) is 17.6. The van der Waals surface area contributed by atoms with E-state index >= 15 is 0 Å². The predicted octanol–water partition coefficient (Wildman–Crippen LogP) is 4.32. The van der Waals surface area contributed by atoms with E-state index in [4.69, 9.17) is 0 Å². The summed E-state index contributed by atoms with van der Waals surface area (Å²) >= 11 is 1.71. The van der Waals surface area contributed by atoms with Crippen molar-refractivity contribution in [2.75, 3.05) is 19.4 Å². The van der Waals surface area contributed by atoms with Crippen LogP contribution < -0.4 is 5.32 Å². The number of aromatic nitrogens is 1. The highest BCUT2D eigenvalue weighted by atomic mass is 32.1. The monoisotopic (exact) mass is 353 g/mol. The van der Waals surface area contributed by atoms with E-state index in [0.717, 1.165) is 35.6 Å². The smallest absolute Gasteiger partial charge is 0.224 e. The standard InChI is InChI=1S/C20H23N3OS/c1-23(2)14-15-7-5-8-16(13-15)21-19(24)11-6-12-20-22-17-9-3-4-10-18(17)25-20/h3-5,7-10,13H,6,11-12,14H2,1-2H3,(H,21,24). The van der Waals surface area contributed by atoms with Crippen LogP contribution in [0.2, 0.25) is 0 Å². The number of benzene rings is 2. The topological polar surface area (TPSA) is 45.2 Å². The van der Waals surface area contributed by atoms with Crippen LogP contribution in [0, 0.1) is 0 Å². The molecule has 3 aromatic rings. The van der Waals surface area contributed by atoms with Crippen LogP contribution in [0.4, 0.5) is 5.69 Å². The first-order valence-electron chi connectivity index (χ1n) is 8.48. The van der Waals surface area contributed by atoms with Gasteiger partial charge in [0.25, 0.3) is 0 Å². The summed E-state index contributed by atoms with van der Waals surface area (Å²) in [5.74, 6) is 0.0584. The van der Waals surface area contributed by atoms with Crippen LogP contribution in [0.5, 0.6) is 0 Å². The molecule has 130 valence electrons. The molecule has 5 heteroatoms. The number of rotatable bonds is 7. The van der Waals surface area contributed by atoms with Crippen molar-refractivity contribution in [3.63, 3.8) is 0 Å². The number of para-hydroxylation sites is 1. The first-order valence-corrected chi connectivity index (χ1v) is 9.30. The minimum atomic E-state index is 0.0584. The lowest BCUT2D eigenvalue weighted by Gasteiger charge is -2.11. The highest BCUT2D eigenvalue weighted by Crippen LogP contribution is 2.22. The highest BCUT2D eigenvalue weighted by Gasteiger charge is 2.07. The molecule has 0 saturated carbocycles. The van der Waals surface area contributed by atoms with Crippen molar-refractivity contribution < 1.29 is 4.79 Å². The lowest BCUT2D eigenvalue weighted by molar-refractivity contribution is -0.116. The van der Waals surface area contributed by atoms with Crippen LogP contribution in [-0.2, 0) is 17.8 Å². The number of carbonyl (C=O) groups excluding carboxylic acids is 1. The van der Waals surface area contributed by atoms with Gasteiger partial charge in [0.05, 0.1) is 15.2 Å². The zero-order valence-electron chi connectivity index (χ0n) is 14.7. The van der Waals surface area contributed by atoms with Crippen molar-refractivity contribution in [1.82, 2.24) is 9.88 Å². The van der Waals surface area contributed by atoms with Gasteiger partial charge in [0.1, 0.15) is 0 Å². The molecule has 0 fully saturated rings. The Kier molecular flexibility index (Phi) is 5.79. The molecule has 0 aliphatic carbocycles. The number of amides is 1. The molecular formula is C20H23N3OS. The molecule has 3 rings (SSSR count). The number of thiazole rings is 1. The molecule has 0 bridgehead atoms. The van der Waals surface area contributed by atoms with Gasteiger partial charge in [-0.15, -0.1) is 11.3 Å². The van der Waals surface area contributed by atoms with Gasteiger partial charge in [-0.2, -0.15) is 0 Å². The normalized spacial score (nSPS) is 11.2. The molecule has 0 radical (unpaired) electrons. The maximum absolute atomic E-state index is 12.2. The number of fused-ring (bicyclic) bond motifs is 1. The number of nitrogens with one attached hydrogen (secondary N) is 1. The van der Waals surface area contributed by atoms with E-state index in [0.29, 0.717) is 6.42 Å². The zero-order valence-corrected chi connectivity index (χ0v) is 15.5. The van der Waals surface area contributed by atoms with Crippen molar-refractivity contribution >= 4 is 33.1 Å². The molecule has 0 unspecified atom stereocenters. The Balaban J connectivity index is 1.49. The van der Waals surface area contributed by atoms with Crippen LogP contribution in [-0.4, -0.2) is 29.9 Å². The van der Waals surface area contributed by atoms with Crippen LogP contribution in [0.15, 0.2) is 48.5 Å².